The van der Waals surface area contributed by atoms with Crippen LogP contribution in [0.2, 0.25) is 0 Å². The number of fused-ring (bicyclic) bond motifs is 1. The summed E-state index contributed by atoms with van der Waals surface area (Å²) < 4.78 is 0. The molecule has 2 aromatic carbocycles. The quantitative estimate of drug-likeness (QED) is 0.683. The first-order valence-electron chi connectivity index (χ1n) is 7.68. The van der Waals surface area contributed by atoms with E-state index >= 15 is 0 Å². The summed E-state index contributed by atoms with van der Waals surface area (Å²) >= 11 is 0. The molecule has 1 aliphatic heterocycles. The molecule has 122 valence electrons. The fraction of sp³-hybridized carbons (Fsp3) is 0.211. The minimum atomic E-state index is -1.02. The first-order valence-corrected chi connectivity index (χ1v) is 7.68. The number of likely N-dealkylation sites (N-methyl/N-ethyl adjacent to an activating group) is 1. The van der Waals surface area contributed by atoms with Crippen molar-refractivity contribution < 1.29 is 14.4 Å². The smallest absolute Gasteiger partial charge is 0.260 e. The molecule has 1 heterocycles. The highest BCUT2D eigenvalue weighted by Gasteiger charge is 2.40. The van der Waals surface area contributed by atoms with Crippen LogP contribution in [0, 0.1) is 13.8 Å². The molecule has 3 rings (SSSR count). The van der Waals surface area contributed by atoms with Crippen molar-refractivity contribution >= 4 is 23.4 Å². The molecule has 0 fully saturated rings. The minimum absolute atomic E-state index is 0.383. The SMILES string of the molecule is Cc1cc(C)cc(NC(=O)C2C(=O)N(C)C(=O)c3ccccc32)c1. The zero-order valence-electron chi connectivity index (χ0n) is 13.8. The second-order valence-electron chi connectivity index (χ2n) is 6.09. The molecule has 0 spiro atoms. The number of imide groups is 1. The number of carbonyl (C=O) groups is 3. The zero-order chi connectivity index (χ0) is 17.4. The highest BCUT2D eigenvalue weighted by Crippen LogP contribution is 2.30. The summed E-state index contributed by atoms with van der Waals surface area (Å²) in [6, 6.07) is 12.4. The standard InChI is InChI=1S/C19H18N2O3/c1-11-8-12(2)10-13(9-11)20-17(22)16-14-6-4-5-7-15(14)18(23)21(3)19(16)24/h4-10,16H,1-3H3,(H,20,22). The Balaban J connectivity index is 1.98. The number of hydrogen-bond acceptors (Lipinski definition) is 3. The number of rotatable bonds is 2. The van der Waals surface area contributed by atoms with Crippen LogP contribution in [0.3, 0.4) is 0 Å². The van der Waals surface area contributed by atoms with E-state index in [1.807, 2.05) is 32.0 Å². The predicted octanol–water partition coefficient (Wildman–Crippen LogP) is 2.64. The molecule has 5 nitrogen and oxygen atoms in total. The average molecular weight is 322 g/mol. The molecule has 5 heteroatoms. The molecule has 0 saturated heterocycles. The van der Waals surface area contributed by atoms with Crippen LogP contribution in [0.5, 0.6) is 0 Å². The lowest BCUT2D eigenvalue weighted by atomic mass is 9.88. The van der Waals surface area contributed by atoms with Crippen molar-refractivity contribution in [2.45, 2.75) is 19.8 Å². The van der Waals surface area contributed by atoms with Gasteiger partial charge in [0.2, 0.25) is 11.8 Å². The van der Waals surface area contributed by atoms with Crippen LogP contribution in [0.15, 0.2) is 42.5 Å². The van der Waals surface area contributed by atoms with Gasteiger partial charge in [-0.3, -0.25) is 19.3 Å². The molecule has 2 aromatic rings. The van der Waals surface area contributed by atoms with E-state index in [0.29, 0.717) is 16.8 Å². The van der Waals surface area contributed by atoms with Crippen molar-refractivity contribution in [2.24, 2.45) is 0 Å². The second-order valence-corrected chi connectivity index (χ2v) is 6.09. The van der Waals surface area contributed by atoms with E-state index in [0.717, 1.165) is 16.0 Å². The summed E-state index contributed by atoms with van der Waals surface area (Å²) in [6.07, 6.45) is 0. The summed E-state index contributed by atoms with van der Waals surface area (Å²) in [4.78, 5) is 38.5. The maximum absolute atomic E-state index is 12.7. The predicted molar refractivity (Wildman–Crippen MR) is 90.8 cm³/mol. The number of nitrogens with one attached hydrogen (secondary N) is 1. The topological polar surface area (TPSA) is 66.5 Å². The first kappa shape index (κ1) is 15.9. The van der Waals surface area contributed by atoms with Crippen LogP contribution in [0.4, 0.5) is 5.69 Å². The van der Waals surface area contributed by atoms with Gasteiger partial charge >= 0.3 is 0 Å². The molecule has 1 N–H and O–H groups in total. The number of benzene rings is 2. The van der Waals surface area contributed by atoms with Gasteiger partial charge in [-0.1, -0.05) is 24.3 Å². The van der Waals surface area contributed by atoms with Gasteiger partial charge in [0, 0.05) is 18.3 Å². The lowest BCUT2D eigenvalue weighted by molar-refractivity contribution is -0.134. The van der Waals surface area contributed by atoms with Crippen LogP contribution in [-0.4, -0.2) is 29.7 Å². The molecule has 1 unspecified atom stereocenters. The number of hydrogen-bond donors (Lipinski definition) is 1. The molecule has 3 amide bonds. The van der Waals surface area contributed by atoms with E-state index in [1.165, 1.54) is 7.05 Å². The molecule has 24 heavy (non-hydrogen) atoms. The third-order valence-electron chi connectivity index (χ3n) is 4.14. The fourth-order valence-corrected chi connectivity index (χ4v) is 3.07. The summed E-state index contributed by atoms with van der Waals surface area (Å²) in [5.74, 6) is -2.35. The lowest BCUT2D eigenvalue weighted by Crippen LogP contribution is -2.46. The minimum Gasteiger partial charge on any atom is -0.325 e. The Bertz CT molecular complexity index is 837. The third kappa shape index (κ3) is 2.69. The van der Waals surface area contributed by atoms with Gasteiger partial charge in [-0.25, -0.2) is 0 Å². The molecule has 1 aliphatic rings. The van der Waals surface area contributed by atoms with Gasteiger partial charge in [0.25, 0.3) is 5.91 Å². The number of anilines is 1. The third-order valence-corrected chi connectivity index (χ3v) is 4.14. The van der Waals surface area contributed by atoms with Crippen LogP contribution in [-0.2, 0) is 9.59 Å². The lowest BCUT2D eigenvalue weighted by Gasteiger charge is -2.29. The van der Waals surface area contributed by atoms with E-state index in [1.54, 1.807) is 24.3 Å². The van der Waals surface area contributed by atoms with Crippen molar-refractivity contribution in [2.75, 3.05) is 12.4 Å². The molecule has 0 aliphatic carbocycles. The number of amides is 3. The Labute approximate surface area is 140 Å². The van der Waals surface area contributed by atoms with Crippen molar-refractivity contribution in [1.29, 1.82) is 0 Å². The molecule has 0 saturated carbocycles. The monoisotopic (exact) mass is 322 g/mol. The summed E-state index contributed by atoms with van der Waals surface area (Å²) in [5.41, 5.74) is 3.52. The van der Waals surface area contributed by atoms with Crippen molar-refractivity contribution in [3.8, 4) is 0 Å². The molecule has 0 aromatic heterocycles. The van der Waals surface area contributed by atoms with E-state index < -0.39 is 17.7 Å². The van der Waals surface area contributed by atoms with Gasteiger partial charge in [0.15, 0.2) is 0 Å². The van der Waals surface area contributed by atoms with E-state index in [4.69, 9.17) is 0 Å². The van der Waals surface area contributed by atoms with Crippen LogP contribution < -0.4 is 5.32 Å². The Morgan fingerprint density at radius 3 is 2.33 bits per heavy atom. The molecular weight excluding hydrogens is 304 g/mol. The average Bonchev–Trinajstić information content (AvgIpc) is 2.52. The van der Waals surface area contributed by atoms with Crippen LogP contribution in [0.25, 0.3) is 0 Å². The molecular formula is C19H18N2O3. The number of carbonyl (C=O) groups excluding carboxylic acids is 3. The Hall–Kier alpha value is -2.95. The van der Waals surface area contributed by atoms with Crippen molar-refractivity contribution in [3.63, 3.8) is 0 Å². The van der Waals surface area contributed by atoms with E-state index in [2.05, 4.69) is 5.32 Å². The van der Waals surface area contributed by atoms with Gasteiger partial charge in [-0.2, -0.15) is 0 Å². The van der Waals surface area contributed by atoms with Crippen LogP contribution in [0.1, 0.15) is 33.0 Å². The van der Waals surface area contributed by atoms with Crippen LogP contribution >= 0.6 is 0 Å². The number of aryl methyl sites for hydroxylation is 2. The van der Waals surface area contributed by atoms with Gasteiger partial charge < -0.3 is 5.32 Å². The summed E-state index contributed by atoms with van der Waals surface area (Å²) in [7, 11) is 1.40. The summed E-state index contributed by atoms with van der Waals surface area (Å²) in [5, 5.41) is 2.80. The largest absolute Gasteiger partial charge is 0.325 e. The molecule has 0 bridgehead atoms. The van der Waals surface area contributed by atoms with Crippen molar-refractivity contribution in [3.05, 3.63) is 64.7 Å². The summed E-state index contributed by atoms with van der Waals surface area (Å²) in [6.45, 7) is 3.88. The maximum Gasteiger partial charge on any atom is 0.260 e. The van der Waals surface area contributed by atoms with Gasteiger partial charge in [0.1, 0.15) is 5.92 Å². The van der Waals surface area contributed by atoms with Gasteiger partial charge in [-0.05, 0) is 48.7 Å². The van der Waals surface area contributed by atoms with E-state index in [-0.39, 0.29) is 5.91 Å². The Morgan fingerprint density at radius 1 is 1.04 bits per heavy atom. The molecule has 0 radical (unpaired) electrons. The Morgan fingerprint density at radius 2 is 1.67 bits per heavy atom. The van der Waals surface area contributed by atoms with Crippen molar-refractivity contribution in [1.82, 2.24) is 4.90 Å². The maximum atomic E-state index is 12.7. The normalized spacial score (nSPS) is 16.8. The Kier molecular flexibility index (Phi) is 3.93. The first-order chi connectivity index (χ1) is 11.4. The fourth-order valence-electron chi connectivity index (χ4n) is 3.07. The molecule has 1 atom stereocenters. The highest BCUT2D eigenvalue weighted by molar-refractivity contribution is 6.20. The second kappa shape index (κ2) is 5.92. The zero-order valence-corrected chi connectivity index (χ0v) is 13.8. The highest BCUT2D eigenvalue weighted by atomic mass is 16.2. The van der Waals surface area contributed by atoms with Gasteiger partial charge in [-0.15, -0.1) is 0 Å². The van der Waals surface area contributed by atoms with Gasteiger partial charge in [0.05, 0.1) is 0 Å². The number of nitrogens with zero attached hydrogens (tertiary/aromatic N) is 1. The van der Waals surface area contributed by atoms with E-state index in [9.17, 15) is 14.4 Å².